The van der Waals surface area contributed by atoms with Crippen LogP contribution in [0.3, 0.4) is 0 Å². The van der Waals surface area contributed by atoms with Gasteiger partial charge in [-0.2, -0.15) is 4.99 Å². The number of aryl methyl sites for hydroxylation is 1. The number of amidine groups is 1. The molecular formula is C19H19N3O2S. The lowest BCUT2D eigenvalue weighted by Crippen LogP contribution is -2.15. The summed E-state index contributed by atoms with van der Waals surface area (Å²) in [6.45, 7) is 3.96. The molecule has 0 spiro atoms. The number of benzene rings is 1. The summed E-state index contributed by atoms with van der Waals surface area (Å²) in [7, 11) is 1.66. The second-order valence-corrected chi connectivity index (χ2v) is 6.61. The number of carbonyl (C=O) groups excluding carboxylic acids is 1. The van der Waals surface area contributed by atoms with E-state index in [1.165, 1.54) is 11.8 Å². The van der Waals surface area contributed by atoms with Crippen LogP contribution in [0.25, 0.3) is 6.08 Å². The Kier molecular flexibility index (Phi) is 5.19. The zero-order valence-electron chi connectivity index (χ0n) is 14.4. The molecular weight excluding hydrogens is 334 g/mol. The largest absolute Gasteiger partial charge is 0.496 e. The molecule has 0 saturated carbocycles. The first-order valence-corrected chi connectivity index (χ1v) is 8.85. The molecule has 0 saturated heterocycles. The molecule has 0 bridgehead atoms. The maximum absolute atomic E-state index is 12.0. The molecule has 0 fully saturated rings. The summed E-state index contributed by atoms with van der Waals surface area (Å²) >= 11 is 1.45. The van der Waals surface area contributed by atoms with Crippen molar-refractivity contribution in [1.82, 2.24) is 10.3 Å². The third kappa shape index (κ3) is 3.91. The van der Waals surface area contributed by atoms with Crippen molar-refractivity contribution in [2.45, 2.75) is 19.6 Å². The van der Waals surface area contributed by atoms with E-state index in [4.69, 9.17) is 4.74 Å². The normalized spacial score (nSPS) is 15.2. The van der Waals surface area contributed by atoms with Crippen molar-refractivity contribution in [3.05, 3.63) is 64.6 Å². The predicted molar refractivity (Wildman–Crippen MR) is 102 cm³/mol. The fourth-order valence-electron chi connectivity index (χ4n) is 2.58. The molecule has 0 aliphatic carbocycles. The van der Waals surface area contributed by atoms with Gasteiger partial charge >= 0.3 is 0 Å². The third-order valence-electron chi connectivity index (χ3n) is 3.88. The summed E-state index contributed by atoms with van der Waals surface area (Å²) in [5.41, 5.74) is 4.39. The number of methoxy groups -OCH3 is 1. The van der Waals surface area contributed by atoms with Gasteiger partial charge < -0.3 is 10.1 Å². The zero-order valence-corrected chi connectivity index (χ0v) is 15.2. The monoisotopic (exact) mass is 353 g/mol. The zero-order chi connectivity index (χ0) is 17.8. The first-order chi connectivity index (χ1) is 12.1. The molecule has 1 amide bonds. The van der Waals surface area contributed by atoms with Gasteiger partial charge in [0.25, 0.3) is 5.91 Å². The summed E-state index contributed by atoms with van der Waals surface area (Å²) < 4.78 is 5.43. The molecule has 1 aromatic carbocycles. The van der Waals surface area contributed by atoms with E-state index in [0.717, 1.165) is 28.1 Å². The molecule has 128 valence electrons. The number of thioether (sulfide) groups is 1. The van der Waals surface area contributed by atoms with Gasteiger partial charge in [0.05, 0.1) is 12.8 Å². The summed E-state index contributed by atoms with van der Waals surface area (Å²) in [6.07, 6.45) is 3.61. The topological polar surface area (TPSA) is 63.6 Å². The maximum Gasteiger partial charge on any atom is 0.295 e. The second-order valence-electron chi connectivity index (χ2n) is 5.65. The van der Waals surface area contributed by atoms with Crippen LogP contribution in [0, 0.1) is 13.8 Å². The lowest BCUT2D eigenvalue weighted by Gasteiger charge is -2.11. The summed E-state index contributed by atoms with van der Waals surface area (Å²) in [4.78, 5) is 20.6. The first kappa shape index (κ1) is 17.2. The van der Waals surface area contributed by atoms with Crippen LogP contribution >= 0.6 is 11.8 Å². The Morgan fingerprint density at radius 2 is 2.00 bits per heavy atom. The van der Waals surface area contributed by atoms with Crippen LogP contribution < -0.4 is 10.1 Å². The molecule has 1 aliphatic heterocycles. The Bertz CT molecular complexity index is 860. The highest BCUT2D eigenvalue weighted by Gasteiger charge is 2.21. The molecule has 2 heterocycles. The fraction of sp³-hybridized carbons (Fsp3) is 0.211. The number of amides is 1. The van der Waals surface area contributed by atoms with Crippen LogP contribution in [0.4, 0.5) is 0 Å². The van der Waals surface area contributed by atoms with E-state index in [2.05, 4.69) is 15.3 Å². The molecule has 25 heavy (non-hydrogen) atoms. The van der Waals surface area contributed by atoms with Crippen LogP contribution in [0.2, 0.25) is 0 Å². The minimum atomic E-state index is -0.252. The SMILES string of the molecule is COc1c(C)cnc(CSC2=NC(=O)/C(=C/c3ccccc3)N2)c1C. The highest BCUT2D eigenvalue weighted by atomic mass is 32.2. The summed E-state index contributed by atoms with van der Waals surface area (Å²) in [5, 5.41) is 3.68. The van der Waals surface area contributed by atoms with E-state index >= 15 is 0 Å². The predicted octanol–water partition coefficient (Wildman–Crippen LogP) is 3.47. The van der Waals surface area contributed by atoms with Crippen LogP contribution in [0.1, 0.15) is 22.4 Å². The number of carbonyl (C=O) groups is 1. The molecule has 3 rings (SSSR count). The Hall–Kier alpha value is -2.60. The van der Waals surface area contributed by atoms with E-state index < -0.39 is 0 Å². The van der Waals surface area contributed by atoms with Crippen molar-refractivity contribution in [3.8, 4) is 5.75 Å². The molecule has 0 atom stereocenters. The molecule has 2 aromatic rings. The highest BCUT2D eigenvalue weighted by Crippen LogP contribution is 2.27. The molecule has 6 heteroatoms. The van der Waals surface area contributed by atoms with Gasteiger partial charge in [-0.1, -0.05) is 42.1 Å². The lowest BCUT2D eigenvalue weighted by molar-refractivity contribution is -0.114. The minimum Gasteiger partial charge on any atom is -0.496 e. The van der Waals surface area contributed by atoms with Crippen LogP contribution in [-0.2, 0) is 10.5 Å². The number of hydrogen-bond acceptors (Lipinski definition) is 5. The van der Waals surface area contributed by atoms with Crippen LogP contribution in [-0.4, -0.2) is 23.2 Å². The van der Waals surface area contributed by atoms with Crippen molar-refractivity contribution >= 4 is 28.9 Å². The summed E-state index contributed by atoms with van der Waals surface area (Å²) in [6, 6.07) is 9.69. The lowest BCUT2D eigenvalue weighted by atomic mass is 10.1. The summed E-state index contributed by atoms with van der Waals surface area (Å²) in [5.74, 6) is 1.21. The van der Waals surface area contributed by atoms with Gasteiger partial charge in [0, 0.05) is 23.1 Å². The van der Waals surface area contributed by atoms with Gasteiger partial charge in [-0.15, -0.1) is 0 Å². The Balaban J connectivity index is 1.68. The van der Waals surface area contributed by atoms with E-state index in [1.54, 1.807) is 19.4 Å². The van der Waals surface area contributed by atoms with Gasteiger partial charge in [0.15, 0.2) is 5.17 Å². The number of ether oxygens (including phenoxy) is 1. The number of nitrogens with zero attached hydrogens (tertiary/aromatic N) is 2. The average molecular weight is 353 g/mol. The van der Waals surface area contributed by atoms with Crippen molar-refractivity contribution in [3.63, 3.8) is 0 Å². The Morgan fingerprint density at radius 1 is 1.24 bits per heavy atom. The van der Waals surface area contributed by atoms with E-state index in [0.29, 0.717) is 16.6 Å². The van der Waals surface area contributed by atoms with Crippen molar-refractivity contribution < 1.29 is 9.53 Å². The number of nitrogens with one attached hydrogen (secondary N) is 1. The second kappa shape index (κ2) is 7.53. The van der Waals surface area contributed by atoms with E-state index in [-0.39, 0.29) is 5.91 Å². The molecule has 1 N–H and O–H groups in total. The number of pyridine rings is 1. The Morgan fingerprint density at radius 3 is 2.72 bits per heavy atom. The number of hydrogen-bond donors (Lipinski definition) is 1. The molecule has 0 radical (unpaired) electrons. The van der Waals surface area contributed by atoms with Crippen LogP contribution in [0.5, 0.6) is 5.75 Å². The smallest absolute Gasteiger partial charge is 0.295 e. The minimum absolute atomic E-state index is 0.252. The molecule has 1 aromatic heterocycles. The molecule has 0 unspecified atom stereocenters. The number of aliphatic imine (C=N–C) groups is 1. The van der Waals surface area contributed by atoms with Gasteiger partial charge in [0.2, 0.25) is 0 Å². The quantitative estimate of drug-likeness (QED) is 0.853. The van der Waals surface area contributed by atoms with Crippen molar-refractivity contribution in [2.75, 3.05) is 7.11 Å². The number of aromatic nitrogens is 1. The third-order valence-corrected chi connectivity index (χ3v) is 4.77. The standard InChI is InChI=1S/C19H19N3O2S/c1-12-10-20-16(13(2)17(12)24-3)11-25-19-21-15(18(23)22-19)9-14-7-5-4-6-8-14/h4-10H,11H2,1-3H3,(H,21,22,23)/b15-9-. The first-order valence-electron chi connectivity index (χ1n) is 7.87. The van der Waals surface area contributed by atoms with E-state index in [1.807, 2.05) is 44.2 Å². The highest BCUT2D eigenvalue weighted by molar-refractivity contribution is 8.13. The fourth-order valence-corrected chi connectivity index (χ4v) is 3.48. The van der Waals surface area contributed by atoms with Crippen molar-refractivity contribution in [2.24, 2.45) is 4.99 Å². The average Bonchev–Trinajstić information content (AvgIpc) is 2.95. The molecule has 5 nitrogen and oxygen atoms in total. The maximum atomic E-state index is 12.0. The van der Waals surface area contributed by atoms with Crippen LogP contribution in [0.15, 0.2) is 47.2 Å². The number of rotatable bonds is 4. The van der Waals surface area contributed by atoms with E-state index in [9.17, 15) is 4.79 Å². The van der Waals surface area contributed by atoms with Crippen molar-refractivity contribution in [1.29, 1.82) is 0 Å². The Labute approximate surface area is 151 Å². The van der Waals surface area contributed by atoms with Gasteiger partial charge in [-0.25, -0.2) is 0 Å². The van der Waals surface area contributed by atoms with Gasteiger partial charge in [-0.3, -0.25) is 9.78 Å². The van der Waals surface area contributed by atoms with Gasteiger partial charge in [0.1, 0.15) is 11.4 Å². The molecule has 1 aliphatic rings. The van der Waals surface area contributed by atoms with Gasteiger partial charge in [-0.05, 0) is 25.5 Å².